The Morgan fingerprint density at radius 1 is 1.21 bits per heavy atom. The molecule has 0 spiro atoms. The molecular formula is C11H8O3. The molecule has 1 aromatic rings. The van der Waals surface area contributed by atoms with Crippen molar-refractivity contribution in [1.82, 2.24) is 0 Å². The molecule has 0 fully saturated rings. The number of rotatable bonds is 2. The van der Waals surface area contributed by atoms with Gasteiger partial charge in [0.2, 0.25) is 5.75 Å². The van der Waals surface area contributed by atoms with Crippen molar-refractivity contribution in [2.45, 2.75) is 6.92 Å². The number of aryl methyl sites for hydroxylation is 1. The molecule has 0 atom stereocenters. The molecule has 70 valence electrons. The Balaban J connectivity index is 3.24. The van der Waals surface area contributed by atoms with Crippen LogP contribution in [0.25, 0.3) is 0 Å². The topological polar surface area (TPSA) is 38.7 Å². The van der Waals surface area contributed by atoms with E-state index >= 15 is 0 Å². The Morgan fingerprint density at radius 3 is 2.43 bits per heavy atom. The number of benzene rings is 1. The quantitative estimate of drug-likeness (QED) is 0.717. The molecule has 3 heteroatoms. The van der Waals surface area contributed by atoms with E-state index in [0.717, 1.165) is 5.56 Å². The number of hydrogen-bond acceptors (Lipinski definition) is 3. The van der Waals surface area contributed by atoms with Crippen molar-refractivity contribution in [3.8, 4) is 42.3 Å². The van der Waals surface area contributed by atoms with E-state index in [1.807, 2.05) is 12.2 Å². The Hall–Kier alpha value is -2.26. The number of phenols is 1. The summed E-state index contributed by atoms with van der Waals surface area (Å²) in [6, 6.07) is 3.11. The summed E-state index contributed by atoms with van der Waals surface area (Å²) in [5.41, 5.74) is 0.789. The van der Waals surface area contributed by atoms with Crippen LogP contribution in [-0.4, -0.2) is 5.11 Å². The zero-order valence-electron chi connectivity index (χ0n) is 7.57. The van der Waals surface area contributed by atoms with E-state index in [0.29, 0.717) is 0 Å². The molecular weight excluding hydrogens is 180 g/mol. The van der Waals surface area contributed by atoms with Crippen LogP contribution < -0.4 is 9.47 Å². The first-order valence-electron chi connectivity index (χ1n) is 3.77. The first-order chi connectivity index (χ1) is 6.69. The molecule has 0 aliphatic carbocycles. The van der Waals surface area contributed by atoms with E-state index in [9.17, 15) is 5.11 Å². The van der Waals surface area contributed by atoms with Crippen LogP contribution in [0.1, 0.15) is 5.56 Å². The molecule has 1 N–H and O–H groups in total. The highest BCUT2D eigenvalue weighted by atomic mass is 16.5. The van der Waals surface area contributed by atoms with Gasteiger partial charge >= 0.3 is 0 Å². The van der Waals surface area contributed by atoms with Crippen LogP contribution in [0.3, 0.4) is 0 Å². The number of phenolic OH excluding ortho intramolecular Hbond substituents is 1. The number of terminal acetylenes is 2. The van der Waals surface area contributed by atoms with Crippen LogP contribution in [0.2, 0.25) is 0 Å². The predicted molar refractivity (Wildman–Crippen MR) is 51.8 cm³/mol. The van der Waals surface area contributed by atoms with Crippen molar-refractivity contribution in [3.05, 3.63) is 17.7 Å². The smallest absolute Gasteiger partial charge is 0.225 e. The molecule has 0 bridgehead atoms. The van der Waals surface area contributed by atoms with Crippen LogP contribution in [0.5, 0.6) is 17.2 Å². The maximum absolute atomic E-state index is 9.46. The summed E-state index contributed by atoms with van der Waals surface area (Å²) in [7, 11) is 0. The summed E-state index contributed by atoms with van der Waals surface area (Å²) in [5.74, 6) is 0.173. The third-order valence-electron chi connectivity index (χ3n) is 1.51. The van der Waals surface area contributed by atoms with Crippen LogP contribution in [0, 0.1) is 32.0 Å². The fourth-order valence-corrected chi connectivity index (χ4v) is 1.02. The average Bonchev–Trinajstić information content (AvgIpc) is 2.11. The highest BCUT2D eigenvalue weighted by Crippen LogP contribution is 2.37. The summed E-state index contributed by atoms with van der Waals surface area (Å²) in [6.45, 7) is 1.78. The monoisotopic (exact) mass is 188 g/mol. The SMILES string of the molecule is C#COc1cc(C)cc(O)c1OC#C. The highest BCUT2D eigenvalue weighted by molar-refractivity contribution is 5.53. The Kier molecular flexibility index (Phi) is 2.89. The lowest BCUT2D eigenvalue weighted by atomic mass is 10.2. The zero-order valence-corrected chi connectivity index (χ0v) is 7.57. The second-order valence-corrected chi connectivity index (χ2v) is 2.55. The molecule has 1 aromatic carbocycles. The fraction of sp³-hybridized carbons (Fsp3) is 0.0909. The fourth-order valence-electron chi connectivity index (χ4n) is 1.02. The molecule has 0 amide bonds. The lowest BCUT2D eigenvalue weighted by Crippen LogP contribution is -1.90. The second-order valence-electron chi connectivity index (χ2n) is 2.55. The average molecular weight is 188 g/mol. The number of aromatic hydroxyl groups is 1. The van der Waals surface area contributed by atoms with E-state index < -0.39 is 0 Å². The summed E-state index contributed by atoms with van der Waals surface area (Å²) in [6.07, 6.45) is 13.8. The van der Waals surface area contributed by atoms with E-state index in [1.54, 1.807) is 13.0 Å². The van der Waals surface area contributed by atoms with Crippen molar-refractivity contribution in [2.24, 2.45) is 0 Å². The van der Waals surface area contributed by atoms with Gasteiger partial charge in [-0.15, -0.1) is 0 Å². The van der Waals surface area contributed by atoms with Crippen molar-refractivity contribution < 1.29 is 14.6 Å². The van der Waals surface area contributed by atoms with Crippen molar-refractivity contribution >= 4 is 0 Å². The van der Waals surface area contributed by atoms with Crippen molar-refractivity contribution in [2.75, 3.05) is 0 Å². The normalized spacial score (nSPS) is 8.50. The zero-order chi connectivity index (χ0) is 10.6. The second kappa shape index (κ2) is 4.11. The van der Waals surface area contributed by atoms with Gasteiger partial charge in [0.15, 0.2) is 11.5 Å². The molecule has 3 nitrogen and oxygen atoms in total. The highest BCUT2D eigenvalue weighted by Gasteiger charge is 2.11. The summed E-state index contributed by atoms with van der Waals surface area (Å²) < 4.78 is 9.53. The predicted octanol–water partition coefficient (Wildman–Crippen LogP) is 1.64. The van der Waals surface area contributed by atoms with Crippen LogP contribution in [-0.2, 0) is 0 Å². The maximum atomic E-state index is 9.46. The van der Waals surface area contributed by atoms with Gasteiger partial charge in [-0.25, -0.2) is 0 Å². The lowest BCUT2D eigenvalue weighted by Gasteiger charge is -2.07. The van der Waals surface area contributed by atoms with Crippen molar-refractivity contribution in [1.29, 1.82) is 0 Å². The summed E-state index contributed by atoms with van der Waals surface area (Å²) in [4.78, 5) is 0. The molecule has 0 saturated heterocycles. The molecule has 0 aliphatic heterocycles. The van der Waals surface area contributed by atoms with Gasteiger partial charge in [0.1, 0.15) is 12.2 Å². The van der Waals surface area contributed by atoms with E-state index in [1.165, 1.54) is 6.07 Å². The molecule has 0 saturated carbocycles. The first kappa shape index (κ1) is 9.83. The summed E-state index contributed by atoms with van der Waals surface area (Å²) >= 11 is 0. The van der Waals surface area contributed by atoms with Crippen LogP contribution in [0.15, 0.2) is 12.1 Å². The Morgan fingerprint density at radius 2 is 1.86 bits per heavy atom. The molecule has 0 unspecified atom stereocenters. The van der Waals surface area contributed by atoms with Gasteiger partial charge in [-0.1, -0.05) is 12.8 Å². The van der Waals surface area contributed by atoms with Gasteiger partial charge in [0.05, 0.1) is 0 Å². The van der Waals surface area contributed by atoms with E-state index in [4.69, 9.17) is 22.3 Å². The van der Waals surface area contributed by atoms with Crippen LogP contribution >= 0.6 is 0 Å². The third kappa shape index (κ3) is 1.91. The van der Waals surface area contributed by atoms with E-state index in [2.05, 4.69) is 0 Å². The van der Waals surface area contributed by atoms with Gasteiger partial charge in [-0.05, 0) is 24.6 Å². The standard InChI is InChI=1S/C11H8O3/c1-4-13-10-7-8(3)6-9(12)11(10)14-5-2/h1-2,6-7,12H,3H3. The molecule has 0 heterocycles. The lowest BCUT2D eigenvalue weighted by molar-refractivity contribution is 0.400. The van der Waals surface area contributed by atoms with Gasteiger partial charge in [-0.2, -0.15) is 0 Å². The van der Waals surface area contributed by atoms with Gasteiger partial charge < -0.3 is 14.6 Å². The van der Waals surface area contributed by atoms with Crippen LogP contribution in [0.4, 0.5) is 0 Å². The Labute approximate surface area is 82.3 Å². The molecule has 0 aromatic heterocycles. The molecule has 0 radical (unpaired) electrons. The minimum atomic E-state index is -0.104. The third-order valence-corrected chi connectivity index (χ3v) is 1.51. The van der Waals surface area contributed by atoms with E-state index in [-0.39, 0.29) is 17.2 Å². The largest absolute Gasteiger partial charge is 0.504 e. The first-order valence-corrected chi connectivity index (χ1v) is 3.77. The number of ether oxygens (including phenoxy) is 2. The van der Waals surface area contributed by atoms with Gasteiger partial charge in [0, 0.05) is 0 Å². The minimum absolute atomic E-state index is 0.0519. The van der Waals surface area contributed by atoms with Gasteiger partial charge in [-0.3, -0.25) is 0 Å². The molecule has 0 aliphatic rings. The number of hydrogen-bond donors (Lipinski definition) is 1. The molecule has 14 heavy (non-hydrogen) atoms. The molecule has 1 rings (SSSR count). The Bertz CT molecular complexity index is 421. The summed E-state index contributed by atoms with van der Waals surface area (Å²) in [5, 5.41) is 9.46. The van der Waals surface area contributed by atoms with Gasteiger partial charge in [0.25, 0.3) is 0 Å². The minimum Gasteiger partial charge on any atom is -0.504 e. The maximum Gasteiger partial charge on any atom is 0.225 e. The van der Waals surface area contributed by atoms with Crippen molar-refractivity contribution in [3.63, 3.8) is 0 Å².